The first-order valence-corrected chi connectivity index (χ1v) is 19.2. The van der Waals surface area contributed by atoms with Crippen molar-refractivity contribution in [2.45, 2.75) is 16.2 Å². The lowest BCUT2D eigenvalue weighted by Gasteiger charge is -2.10. The molecule has 0 radical (unpaired) electrons. The molecular weight excluding hydrogens is 745 g/mol. The summed E-state index contributed by atoms with van der Waals surface area (Å²) in [6.07, 6.45) is 0.544. The number of carbonyl (C=O) groups excluding carboxylic acids is 2. The van der Waals surface area contributed by atoms with Gasteiger partial charge in [0.05, 0.1) is 24.3 Å². The van der Waals surface area contributed by atoms with E-state index in [2.05, 4.69) is 4.72 Å². The first kappa shape index (κ1) is 38.6. The summed E-state index contributed by atoms with van der Waals surface area (Å²) in [5.74, 6) is 0.608. The standard InChI is InChI=1S/C22H20ClNO4S.C14H10Cl2O4S/c1-28-19-10-7-17(8-11-19)22(25)18-9-12-20(23)21(15-18)29(26,27)24-14-13-16-5-3-2-4-6-16;1-20-11-5-2-9(3-6-11)14(17)10-4-7-12(15)13(8-10)21(16,18)19/h2-12,15,24H,13-14H2,1H3;2-8H,1H3. The van der Waals surface area contributed by atoms with Crippen LogP contribution in [0.15, 0.2) is 125 Å². The molecule has 260 valence electrons. The molecule has 9 nitrogen and oxygen atoms in total. The van der Waals surface area contributed by atoms with Crippen molar-refractivity contribution in [3.8, 4) is 11.5 Å². The van der Waals surface area contributed by atoms with Crippen LogP contribution < -0.4 is 14.2 Å². The van der Waals surface area contributed by atoms with E-state index < -0.39 is 19.1 Å². The van der Waals surface area contributed by atoms with E-state index in [1.54, 1.807) is 48.5 Å². The highest BCUT2D eigenvalue weighted by molar-refractivity contribution is 8.13. The lowest BCUT2D eigenvalue weighted by molar-refractivity contribution is 0.103. The van der Waals surface area contributed by atoms with E-state index >= 15 is 0 Å². The number of ketones is 2. The van der Waals surface area contributed by atoms with Crippen LogP contribution in [0.5, 0.6) is 11.5 Å². The number of nitrogens with one attached hydrogen (secondary N) is 1. The normalized spacial score (nSPS) is 11.2. The Morgan fingerprint density at radius 3 is 1.46 bits per heavy atom. The van der Waals surface area contributed by atoms with Gasteiger partial charge >= 0.3 is 0 Å². The zero-order chi connectivity index (χ0) is 36.5. The second-order valence-corrected chi connectivity index (χ2v) is 15.6. The summed E-state index contributed by atoms with van der Waals surface area (Å²) in [7, 11) is 0.469. The number of benzene rings is 5. The summed E-state index contributed by atoms with van der Waals surface area (Å²) in [5, 5.41) is 0.0276. The van der Waals surface area contributed by atoms with Crippen LogP contribution in [0.2, 0.25) is 10.0 Å². The van der Waals surface area contributed by atoms with E-state index in [9.17, 15) is 26.4 Å². The Kier molecular flexibility index (Phi) is 13.2. The van der Waals surface area contributed by atoms with Gasteiger partial charge in [0.2, 0.25) is 10.0 Å². The van der Waals surface area contributed by atoms with Crippen molar-refractivity contribution in [2.24, 2.45) is 0 Å². The van der Waals surface area contributed by atoms with Crippen molar-refractivity contribution in [3.05, 3.63) is 153 Å². The molecule has 0 saturated heterocycles. The summed E-state index contributed by atoms with van der Waals surface area (Å²) < 4.78 is 60.9. The van der Waals surface area contributed by atoms with E-state index in [0.717, 1.165) is 11.6 Å². The Labute approximate surface area is 305 Å². The number of hydrogen-bond acceptors (Lipinski definition) is 8. The number of halogens is 3. The van der Waals surface area contributed by atoms with Crippen molar-refractivity contribution in [2.75, 3.05) is 20.8 Å². The van der Waals surface area contributed by atoms with Crippen molar-refractivity contribution in [1.29, 1.82) is 0 Å². The summed E-state index contributed by atoms with van der Waals surface area (Å²) >= 11 is 11.9. The molecule has 14 heteroatoms. The molecule has 1 N–H and O–H groups in total. The smallest absolute Gasteiger partial charge is 0.262 e. The fourth-order valence-corrected chi connectivity index (χ4v) is 7.60. The van der Waals surface area contributed by atoms with Crippen molar-refractivity contribution in [3.63, 3.8) is 0 Å². The van der Waals surface area contributed by atoms with Crippen LogP contribution >= 0.6 is 33.9 Å². The van der Waals surface area contributed by atoms with Crippen LogP contribution in [0.1, 0.15) is 37.4 Å². The van der Waals surface area contributed by atoms with Gasteiger partial charge in [-0.1, -0.05) is 53.5 Å². The van der Waals surface area contributed by atoms with Gasteiger partial charge in [0.25, 0.3) is 9.05 Å². The highest BCUT2D eigenvalue weighted by atomic mass is 35.7. The number of carbonyl (C=O) groups is 2. The van der Waals surface area contributed by atoms with Gasteiger partial charge in [0, 0.05) is 39.5 Å². The largest absolute Gasteiger partial charge is 0.497 e. The van der Waals surface area contributed by atoms with Gasteiger partial charge in [0.1, 0.15) is 21.3 Å². The molecule has 5 rings (SSSR count). The molecule has 5 aromatic carbocycles. The van der Waals surface area contributed by atoms with Gasteiger partial charge in [-0.25, -0.2) is 21.6 Å². The van der Waals surface area contributed by atoms with Crippen LogP contribution in [-0.4, -0.2) is 49.2 Å². The van der Waals surface area contributed by atoms with Crippen LogP contribution in [0.25, 0.3) is 0 Å². The molecule has 50 heavy (non-hydrogen) atoms. The van der Waals surface area contributed by atoms with Crippen LogP contribution in [0.4, 0.5) is 0 Å². The Balaban J connectivity index is 0.000000237. The van der Waals surface area contributed by atoms with E-state index in [4.69, 9.17) is 43.4 Å². The maximum absolute atomic E-state index is 12.7. The SMILES string of the molecule is COc1ccc(C(=O)c2ccc(Cl)c(S(=O)(=O)Cl)c2)cc1.COc1ccc(C(=O)c2ccc(Cl)c(S(=O)(=O)NCCc3ccccc3)c2)cc1. The lowest BCUT2D eigenvalue weighted by Crippen LogP contribution is -2.26. The number of hydrogen-bond donors (Lipinski definition) is 1. The molecule has 0 aliphatic carbocycles. The second-order valence-electron chi connectivity index (χ2n) is 10.5. The fourth-order valence-electron chi connectivity index (χ4n) is 4.55. The van der Waals surface area contributed by atoms with Crippen molar-refractivity contribution >= 4 is 64.5 Å². The Hall–Kier alpha value is -4.23. The lowest BCUT2D eigenvalue weighted by atomic mass is 10.0. The summed E-state index contributed by atoms with van der Waals surface area (Å²) in [5.41, 5.74) is 2.26. The number of sulfonamides is 1. The second kappa shape index (κ2) is 17.1. The zero-order valence-corrected chi connectivity index (χ0v) is 30.5. The summed E-state index contributed by atoms with van der Waals surface area (Å²) in [4.78, 5) is 24.6. The molecule has 0 aliphatic heterocycles. The van der Waals surface area contributed by atoms with Gasteiger partial charge in [-0.05, 0) is 96.9 Å². The van der Waals surface area contributed by atoms with E-state index in [-0.39, 0.29) is 49.1 Å². The minimum atomic E-state index is -4.01. The Morgan fingerprint density at radius 2 is 1.02 bits per heavy atom. The monoisotopic (exact) mass is 773 g/mol. The van der Waals surface area contributed by atoms with Crippen molar-refractivity contribution in [1.82, 2.24) is 4.72 Å². The first-order chi connectivity index (χ1) is 23.7. The van der Waals surface area contributed by atoms with E-state index in [0.29, 0.717) is 29.0 Å². The number of methoxy groups -OCH3 is 2. The summed E-state index contributed by atoms with van der Waals surface area (Å²) in [6.45, 7) is 0.222. The molecule has 0 atom stereocenters. The fraction of sp³-hybridized carbons (Fsp3) is 0.111. The maximum atomic E-state index is 12.7. The molecule has 0 spiro atoms. The van der Waals surface area contributed by atoms with Crippen LogP contribution in [0.3, 0.4) is 0 Å². The van der Waals surface area contributed by atoms with Crippen LogP contribution in [-0.2, 0) is 25.5 Å². The quantitative estimate of drug-likeness (QED) is 0.101. The molecule has 0 saturated carbocycles. The van der Waals surface area contributed by atoms with Crippen molar-refractivity contribution < 1.29 is 35.9 Å². The van der Waals surface area contributed by atoms with Crippen LogP contribution in [0, 0.1) is 0 Å². The van der Waals surface area contributed by atoms with Gasteiger partial charge in [-0.3, -0.25) is 9.59 Å². The molecule has 0 aromatic heterocycles. The molecule has 0 fully saturated rings. The van der Waals surface area contributed by atoms with E-state index in [1.165, 1.54) is 44.6 Å². The molecule has 0 bridgehead atoms. The highest BCUT2D eigenvalue weighted by Crippen LogP contribution is 2.27. The van der Waals surface area contributed by atoms with Gasteiger partial charge in [-0.2, -0.15) is 0 Å². The zero-order valence-electron chi connectivity index (χ0n) is 26.6. The van der Waals surface area contributed by atoms with E-state index in [1.807, 2.05) is 30.3 Å². The third-order valence-corrected chi connectivity index (χ3v) is 10.9. The number of rotatable bonds is 12. The van der Waals surface area contributed by atoms with Gasteiger partial charge in [-0.15, -0.1) is 0 Å². The third-order valence-electron chi connectivity index (χ3n) is 7.19. The number of ether oxygens (including phenoxy) is 2. The molecule has 0 aliphatic rings. The minimum Gasteiger partial charge on any atom is -0.497 e. The average Bonchev–Trinajstić information content (AvgIpc) is 3.11. The maximum Gasteiger partial charge on any atom is 0.262 e. The molecule has 0 amide bonds. The predicted octanol–water partition coefficient (Wildman–Crippen LogP) is 7.61. The molecule has 0 heterocycles. The first-order valence-electron chi connectivity index (χ1n) is 14.7. The van der Waals surface area contributed by atoms with Gasteiger partial charge < -0.3 is 9.47 Å². The molecular formula is C36H30Cl3NO8S2. The Bertz CT molecular complexity index is 2200. The molecule has 5 aromatic rings. The molecule has 0 unspecified atom stereocenters. The highest BCUT2D eigenvalue weighted by Gasteiger charge is 2.21. The summed E-state index contributed by atoms with van der Waals surface area (Å²) in [6, 6.07) is 30.8. The average molecular weight is 775 g/mol. The topological polar surface area (TPSA) is 133 Å². The predicted molar refractivity (Wildman–Crippen MR) is 194 cm³/mol. The third kappa shape index (κ3) is 10.2. The minimum absolute atomic E-state index is 0.0312. The Morgan fingerprint density at radius 1 is 0.600 bits per heavy atom. The van der Waals surface area contributed by atoms with Gasteiger partial charge in [0.15, 0.2) is 11.6 Å².